The molecule has 0 heterocycles. The van der Waals surface area contributed by atoms with Crippen molar-refractivity contribution in [1.29, 1.82) is 0 Å². The summed E-state index contributed by atoms with van der Waals surface area (Å²) >= 11 is 1.06. The van der Waals surface area contributed by atoms with E-state index in [1.165, 1.54) is 0 Å². The molecule has 0 N–H and O–H groups in total. The van der Waals surface area contributed by atoms with Crippen LogP contribution in [0.4, 0.5) is 0 Å². The van der Waals surface area contributed by atoms with Crippen molar-refractivity contribution in [3.8, 4) is 0 Å². The van der Waals surface area contributed by atoms with E-state index in [0.717, 1.165) is 17.4 Å². The second-order valence-electron chi connectivity index (χ2n) is 0. The van der Waals surface area contributed by atoms with Crippen LogP contribution in [0, 0.1) is 0 Å². The summed E-state index contributed by atoms with van der Waals surface area (Å²) in [6.45, 7) is 0. The molecule has 0 aromatic rings. The van der Waals surface area contributed by atoms with Gasteiger partial charge >= 0.3 is 44.1 Å². The molecule has 0 amide bonds. The Morgan fingerprint density at radius 3 is 1.50 bits per heavy atom. The average Bonchev–Trinajstić information content (AvgIpc) is 1.00. The fourth-order valence-corrected chi connectivity index (χ4v) is 0. The minimum absolute atomic E-state index is 0. The van der Waals surface area contributed by atoms with Gasteiger partial charge < -0.3 is 2.85 Å². The fraction of sp³-hybridized carbons (Fsp3) is 0. The molecule has 0 aliphatic rings. The maximum absolute atomic E-state index is 8.19. The van der Waals surface area contributed by atoms with Crippen LogP contribution >= 0.6 is 0 Å². The van der Waals surface area contributed by atoms with Gasteiger partial charge in [0.2, 0.25) is 0 Å². The van der Waals surface area contributed by atoms with Crippen molar-refractivity contribution >= 4 is 23.1 Å². The van der Waals surface area contributed by atoms with E-state index in [1.54, 1.807) is 0 Å². The van der Waals surface area contributed by atoms with Gasteiger partial charge in [0.25, 0.3) is 0 Å². The van der Waals surface area contributed by atoms with Gasteiger partial charge in [0.1, 0.15) is 0 Å². The molecule has 4 heavy (non-hydrogen) atoms. The molecule has 1 radical (unpaired) electrons. The molecule has 0 aliphatic heterocycles. The summed E-state index contributed by atoms with van der Waals surface area (Å²) in [6.07, 6.45) is 0. The number of hydrogen-bond acceptors (Lipinski definition) is 1. The van der Waals surface area contributed by atoms with Crippen LogP contribution in [0.3, 0.4) is 0 Å². The van der Waals surface area contributed by atoms with E-state index >= 15 is 0 Å². The van der Waals surface area contributed by atoms with E-state index in [-0.39, 0.29) is 48.3 Å². The molecule has 0 atom stereocenters. The first-order valence-electron chi connectivity index (χ1n) is 0.183. The van der Waals surface area contributed by atoms with Crippen molar-refractivity contribution in [3.05, 3.63) is 0 Å². The minimum atomic E-state index is 0. The van der Waals surface area contributed by atoms with Gasteiger partial charge in [-0.1, -0.05) is 0 Å². The maximum atomic E-state index is 8.19. The Labute approximate surface area is 68.7 Å². The Bertz CT molecular complexity index is 13.5. The Kier molecular flexibility index (Phi) is 87.3. The molecule has 1 nitrogen and oxygen atoms in total. The summed E-state index contributed by atoms with van der Waals surface area (Å²) in [7, 11) is 0. The van der Waals surface area contributed by atoms with Crippen molar-refractivity contribution in [2.24, 2.45) is 0 Å². The molecule has 0 saturated carbocycles. The van der Waals surface area contributed by atoms with Gasteiger partial charge in [-0.2, -0.15) is 0 Å². The van der Waals surface area contributed by atoms with Crippen LogP contribution in [-0.4, -0.2) is 23.1 Å². The van der Waals surface area contributed by atoms with E-state index in [0.29, 0.717) is 0 Å². The predicted octanol–water partition coefficient (Wildman–Crippen LogP) is -0.280. The van der Waals surface area contributed by atoms with Gasteiger partial charge in [0.05, 0.1) is 0 Å². The van der Waals surface area contributed by atoms with Crippen LogP contribution in [0.5, 0.6) is 0 Å². The van der Waals surface area contributed by atoms with Crippen molar-refractivity contribution in [2.45, 2.75) is 0 Å². The van der Waals surface area contributed by atoms with Crippen molar-refractivity contribution in [3.63, 3.8) is 0 Å². The SMILES string of the molecule is [Ag].[H-].[H-].[Mg+2].[O]=[V]. The van der Waals surface area contributed by atoms with Crippen LogP contribution in [-0.2, 0) is 43.4 Å². The van der Waals surface area contributed by atoms with Crippen LogP contribution in [0.25, 0.3) is 0 Å². The summed E-state index contributed by atoms with van der Waals surface area (Å²) in [5.74, 6) is 0. The summed E-state index contributed by atoms with van der Waals surface area (Å²) in [4.78, 5) is 0. The molecule has 0 aliphatic carbocycles. The number of hydrogen-bond donors (Lipinski definition) is 0. The molecule has 0 saturated heterocycles. The first-order chi connectivity index (χ1) is 1.00. The summed E-state index contributed by atoms with van der Waals surface area (Å²) in [5, 5.41) is 0. The monoisotopic (exact) mass is 200 g/mol. The molecule has 26 valence electrons. The Morgan fingerprint density at radius 1 is 1.50 bits per heavy atom. The van der Waals surface area contributed by atoms with Crippen LogP contribution < -0.4 is 0 Å². The Hall–Kier alpha value is 1.89. The second-order valence-corrected chi connectivity index (χ2v) is 0. The molecular weight excluding hydrogens is 199 g/mol. The molecular formula is H2AgMgOV. The summed E-state index contributed by atoms with van der Waals surface area (Å²) in [5.41, 5.74) is 0. The van der Waals surface area contributed by atoms with E-state index in [2.05, 4.69) is 0 Å². The van der Waals surface area contributed by atoms with Crippen molar-refractivity contribution in [2.75, 3.05) is 0 Å². The van der Waals surface area contributed by atoms with E-state index in [1.807, 2.05) is 0 Å². The molecule has 0 rings (SSSR count). The zero-order valence-corrected chi connectivity index (χ0v) is 6.16. The fourth-order valence-electron chi connectivity index (χ4n) is 0. The molecule has 0 bridgehead atoms. The zero-order chi connectivity index (χ0) is 2.00. The van der Waals surface area contributed by atoms with Crippen LogP contribution in [0.1, 0.15) is 2.85 Å². The first-order valence-corrected chi connectivity index (χ1v) is 0.753. The first kappa shape index (κ1) is 16.9. The third-order valence-corrected chi connectivity index (χ3v) is 0. The van der Waals surface area contributed by atoms with Gasteiger partial charge in [-0.15, -0.1) is 0 Å². The molecule has 0 fully saturated rings. The average molecular weight is 201 g/mol. The topological polar surface area (TPSA) is 17.1 Å². The van der Waals surface area contributed by atoms with E-state index in [9.17, 15) is 0 Å². The molecule has 0 unspecified atom stereocenters. The quantitative estimate of drug-likeness (QED) is 0.493. The van der Waals surface area contributed by atoms with Crippen molar-refractivity contribution in [1.82, 2.24) is 0 Å². The van der Waals surface area contributed by atoms with Crippen LogP contribution in [0.2, 0.25) is 0 Å². The van der Waals surface area contributed by atoms with Gasteiger partial charge in [-0.05, 0) is 0 Å². The third kappa shape index (κ3) is 9.09. The summed E-state index contributed by atoms with van der Waals surface area (Å²) < 4.78 is 8.19. The van der Waals surface area contributed by atoms with Gasteiger partial charge in [0.15, 0.2) is 0 Å². The normalized spacial score (nSPS) is 0.750. The van der Waals surface area contributed by atoms with Gasteiger partial charge in [-0.25, -0.2) is 0 Å². The van der Waals surface area contributed by atoms with E-state index < -0.39 is 0 Å². The van der Waals surface area contributed by atoms with Crippen LogP contribution in [0.15, 0.2) is 0 Å². The van der Waals surface area contributed by atoms with Gasteiger partial charge in [0, 0.05) is 22.4 Å². The van der Waals surface area contributed by atoms with E-state index in [4.69, 9.17) is 3.67 Å². The Balaban J connectivity index is -0.000000000833. The standard InChI is InChI=1S/Ag.Mg.O.V.2H/q;+2;;;2*-1. The number of rotatable bonds is 0. The Morgan fingerprint density at radius 2 is 1.50 bits per heavy atom. The van der Waals surface area contributed by atoms with Gasteiger partial charge in [-0.3, -0.25) is 0 Å². The molecule has 4 heteroatoms. The van der Waals surface area contributed by atoms with Crippen molar-refractivity contribution < 1.29 is 46.3 Å². The molecule has 0 aromatic carbocycles. The molecule has 0 spiro atoms. The summed E-state index contributed by atoms with van der Waals surface area (Å²) in [6, 6.07) is 0. The zero-order valence-electron chi connectivity index (χ0n) is 3.86. The second kappa shape index (κ2) is 20.7. The predicted molar refractivity (Wildman–Crippen MR) is 8.66 cm³/mol. The molecule has 0 aromatic heterocycles. The third-order valence-electron chi connectivity index (χ3n) is 0.